The van der Waals surface area contributed by atoms with E-state index in [1.54, 1.807) is 42.5 Å². The van der Waals surface area contributed by atoms with Crippen molar-refractivity contribution in [1.82, 2.24) is 9.88 Å². The van der Waals surface area contributed by atoms with Gasteiger partial charge in [-0.3, -0.25) is 19.8 Å². The number of nitrogens with zero attached hydrogens (tertiary/aromatic N) is 3. The first-order valence-corrected chi connectivity index (χ1v) is 10.4. The maximum absolute atomic E-state index is 12.5. The lowest BCUT2D eigenvalue weighted by Crippen LogP contribution is -2.48. The van der Waals surface area contributed by atoms with Gasteiger partial charge in [-0.25, -0.2) is 4.98 Å². The Morgan fingerprint density at radius 2 is 1.91 bits per heavy atom. The number of nitro groups is 1. The number of morpholine rings is 1. The van der Waals surface area contributed by atoms with E-state index in [2.05, 4.69) is 15.2 Å². The highest BCUT2D eigenvalue weighted by Crippen LogP contribution is 2.35. The molecular weight excluding hydrogens is 412 g/mol. The Hall–Kier alpha value is -3.56. The number of hydrogen-bond acceptors (Lipinski definition) is 7. The molecule has 166 valence electrons. The quantitative estimate of drug-likeness (QED) is 0.460. The molecule has 9 heteroatoms. The van der Waals surface area contributed by atoms with E-state index in [1.165, 1.54) is 12.3 Å². The molecule has 32 heavy (non-hydrogen) atoms. The second kappa shape index (κ2) is 9.29. The Bertz CT molecular complexity index is 1140. The lowest BCUT2D eigenvalue weighted by molar-refractivity contribution is -0.383. The fourth-order valence-electron chi connectivity index (χ4n) is 3.97. The van der Waals surface area contributed by atoms with Crippen molar-refractivity contribution in [1.29, 1.82) is 0 Å². The Balaban J connectivity index is 1.47. The number of carbonyl (C=O) groups is 1. The number of ether oxygens (including phenoxy) is 2. The van der Waals surface area contributed by atoms with Gasteiger partial charge >= 0.3 is 0 Å². The maximum Gasteiger partial charge on any atom is 0.277 e. The average Bonchev–Trinajstić information content (AvgIpc) is 2.73. The third-order valence-electron chi connectivity index (χ3n) is 5.15. The summed E-state index contributed by atoms with van der Waals surface area (Å²) in [7, 11) is 0. The van der Waals surface area contributed by atoms with Crippen molar-refractivity contribution in [2.45, 2.75) is 26.1 Å². The molecule has 1 aliphatic heterocycles. The number of nitro benzene ring substituents is 1. The SMILES string of the molecule is C[C@@H]1CN(CC(=O)Nc2cc(Oc3ccc([N+](=O)[O-])c4ccccc34)ccn2)C[C@H](C)O1. The van der Waals surface area contributed by atoms with Gasteiger partial charge in [-0.1, -0.05) is 18.2 Å². The van der Waals surface area contributed by atoms with Crippen molar-refractivity contribution < 1.29 is 19.2 Å². The summed E-state index contributed by atoms with van der Waals surface area (Å²) >= 11 is 0. The van der Waals surface area contributed by atoms with Crippen LogP contribution in [0, 0.1) is 10.1 Å². The average molecular weight is 436 g/mol. The van der Waals surface area contributed by atoms with Gasteiger partial charge in [0.15, 0.2) is 0 Å². The Morgan fingerprint density at radius 1 is 1.19 bits per heavy atom. The van der Waals surface area contributed by atoms with E-state index in [1.807, 2.05) is 13.8 Å². The molecule has 2 atom stereocenters. The molecular formula is C23H24N4O5. The minimum absolute atomic E-state index is 0.0161. The van der Waals surface area contributed by atoms with E-state index in [0.29, 0.717) is 41.2 Å². The molecule has 1 saturated heterocycles. The Kier molecular flexibility index (Phi) is 6.29. The number of benzene rings is 2. The zero-order valence-corrected chi connectivity index (χ0v) is 17.9. The largest absolute Gasteiger partial charge is 0.457 e. The van der Waals surface area contributed by atoms with Crippen LogP contribution in [0.5, 0.6) is 11.5 Å². The van der Waals surface area contributed by atoms with Crippen molar-refractivity contribution in [3.8, 4) is 11.5 Å². The number of non-ortho nitro benzene ring substituents is 1. The topological polar surface area (TPSA) is 107 Å². The summed E-state index contributed by atoms with van der Waals surface area (Å²) in [5, 5.41) is 15.2. The predicted molar refractivity (Wildman–Crippen MR) is 120 cm³/mol. The van der Waals surface area contributed by atoms with Gasteiger partial charge in [0.25, 0.3) is 5.69 Å². The van der Waals surface area contributed by atoms with Crippen LogP contribution in [0.4, 0.5) is 11.5 Å². The zero-order chi connectivity index (χ0) is 22.7. The van der Waals surface area contributed by atoms with E-state index in [-0.39, 0.29) is 30.3 Å². The summed E-state index contributed by atoms with van der Waals surface area (Å²) in [6.07, 6.45) is 1.70. The van der Waals surface area contributed by atoms with Gasteiger partial charge < -0.3 is 14.8 Å². The van der Waals surface area contributed by atoms with Crippen molar-refractivity contribution in [2.75, 3.05) is 25.0 Å². The predicted octanol–water partition coefficient (Wildman–Crippen LogP) is 3.98. The molecule has 0 spiro atoms. The Labute approximate surface area is 185 Å². The second-order valence-electron chi connectivity index (χ2n) is 7.86. The van der Waals surface area contributed by atoms with Crippen LogP contribution in [0.1, 0.15) is 13.8 Å². The molecule has 1 fully saturated rings. The van der Waals surface area contributed by atoms with E-state index < -0.39 is 4.92 Å². The number of carbonyl (C=O) groups excluding carboxylic acids is 1. The zero-order valence-electron chi connectivity index (χ0n) is 17.9. The lowest BCUT2D eigenvalue weighted by atomic mass is 10.1. The molecule has 3 aromatic rings. The van der Waals surface area contributed by atoms with Crippen molar-refractivity contribution in [2.24, 2.45) is 0 Å². The molecule has 2 heterocycles. The normalized spacial score (nSPS) is 18.9. The van der Waals surface area contributed by atoms with E-state index >= 15 is 0 Å². The molecule has 0 bridgehead atoms. The number of fused-ring (bicyclic) bond motifs is 1. The molecule has 0 saturated carbocycles. The highest BCUT2D eigenvalue weighted by atomic mass is 16.6. The lowest BCUT2D eigenvalue weighted by Gasteiger charge is -2.34. The fourth-order valence-corrected chi connectivity index (χ4v) is 3.97. The third-order valence-corrected chi connectivity index (χ3v) is 5.15. The monoisotopic (exact) mass is 436 g/mol. The molecule has 0 radical (unpaired) electrons. The summed E-state index contributed by atoms with van der Waals surface area (Å²) < 4.78 is 11.7. The summed E-state index contributed by atoms with van der Waals surface area (Å²) in [6.45, 7) is 5.62. The number of rotatable bonds is 6. The van der Waals surface area contributed by atoms with E-state index in [9.17, 15) is 14.9 Å². The molecule has 9 nitrogen and oxygen atoms in total. The Morgan fingerprint density at radius 3 is 2.62 bits per heavy atom. The minimum Gasteiger partial charge on any atom is -0.457 e. The van der Waals surface area contributed by atoms with Crippen LogP contribution in [-0.4, -0.2) is 52.6 Å². The van der Waals surface area contributed by atoms with Crippen LogP contribution in [0.15, 0.2) is 54.7 Å². The van der Waals surface area contributed by atoms with Crippen LogP contribution < -0.4 is 10.1 Å². The molecule has 1 amide bonds. The van der Waals surface area contributed by atoms with Crippen LogP contribution in [0.2, 0.25) is 0 Å². The van der Waals surface area contributed by atoms with Gasteiger partial charge in [-0.15, -0.1) is 0 Å². The van der Waals surface area contributed by atoms with Crippen LogP contribution in [0.3, 0.4) is 0 Å². The number of aromatic nitrogens is 1. The smallest absolute Gasteiger partial charge is 0.277 e. The van der Waals surface area contributed by atoms with Crippen molar-refractivity contribution >= 4 is 28.2 Å². The van der Waals surface area contributed by atoms with Crippen LogP contribution in [-0.2, 0) is 9.53 Å². The van der Waals surface area contributed by atoms with E-state index in [4.69, 9.17) is 9.47 Å². The van der Waals surface area contributed by atoms with Gasteiger partial charge in [0.2, 0.25) is 5.91 Å². The van der Waals surface area contributed by atoms with Crippen molar-refractivity contribution in [3.05, 3.63) is 64.8 Å². The first kappa shape index (κ1) is 21.7. The summed E-state index contributed by atoms with van der Waals surface area (Å²) in [4.78, 5) is 29.7. The molecule has 1 N–H and O–H groups in total. The van der Waals surface area contributed by atoms with Gasteiger partial charge in [0.1, 0.15) is 17.3 Å². The summed E-state index contributed by atoms with van der Waals surface area (Å²) in [5.41, 5.74) is 0.0161. The highest BCUT2D eigenvalue weighted by Gasteiger charge is 2.24. The number of anilines is 1. The number of hydrogen-bond donors (Lipinski definition) is 1. The molecule has 1 aromatic heterocycles. The molecule has 4 rings (SSSR count). The van der Waals surface area contributed by atoms with Gasteiger partial charge in [-0.05, 0) is 32.0 Å². The first-order chi connectivity index (χ1) is 15.4. The third kappa shape index (κ3) is 5.01. The van der Waals surface area contributed by atoms with Crippen LogP contribution >= 0.6 is 0 Å². The van der Waals surface area contributed by atoms with E-state index in [0.717, 1.165) is 0 Å². The maximum atomic E-state index is 12.5. The number of pyridine rings is 1. The van der Waals surface area contributed by atoms with Gasteiger partial charge in [0, 0.05) is 36.8 Å². The standard InChI is InChI=1S/C23H24N4O5/c1-15-12-26(13-16(2)31-15)14-23(28)25-22-11-17(9-10-24-22)32-21-8-7-20(27(29)30)18-5-3-4-6-19(18)21/h3-11,15-16H,12-14H2,1-2H3,(H,24,25,28)/t15-,16+. The first-order valence-electron chi connectivity index (χ1n) is 10.4. The summed E-state index contributed by atoms with van der Waals surface area (Å²) in [6, 6.07) is 13.3. The van der Waals surface area contributed by atoms with Crippen LogP contribution in [0.25, 0.3) is 10.8 Å². The van der Waals surface area contributed by atoms with Gasteiger partial charge in [0.05, 0.1) is 29.1 Å². The molecule has 2 aromatic carbocycles. The number of nitrogens with one attached hydrogen (secondary N) is 1. The molecule has 0 unspecified atom stereocenters. The highest BCUT2D eigenvalue weighted by molar-refractivity contribution is 5.95. The number of amides is 1. The van der Waals surface area contributed by atoms with Crippen molar-refractivity contribution in [3.63, 3.8) is 0 Å². The second-order valence-corrected chi connectivity index (χ2v) is 7.86. The molecule has 0 aliphatic carbocycles. The summed E-state index contributed by atoms with van der Waals surface area (Å²) in [5.74, 6) is 1.14. The molecule has 1 aliphatic rings. The minimum atomic E-state index is -0.415. The van der Waals surface area contributed by atoms with Gasteiger partial charge in [-0.2, -0.15) is 0 Å². The fraction of sp³-hybridized carbons (Fsp3) is 0.304.